The van der Waals surface area contributed by atoms with Crippen molar-refractivity contribution in [3.8, 4) is 0 Å². The molecule has 4 heteroatoms. The molecule has 1 saturated heterocycles. The summed E-state index contributed by atoms with van der Waals surface area (Å²) in [7, 11) is 0. The minimum absolute atomic E-state index is 0.622. The van der Waals surface area contributed by atoms with Crippen molar-refractivity contribution in [2.24, 2.45) is 10.9 Å². The second kappa shape index (κ2) is 3.13. The summed E-state index contributed by atoms with van der Waals surface area (Å²) in [6.45, 7) is 0. The van der Waals surface area contributed by atoms with E-state index in [-0.39, 0.29) is 0 Å². The van der Waals surface area contributed by atoms with E-state index in [2.05, 4.69) is 10.1 Å². The Kier molecular flexibility index (Phi) is 2.62. The van der Waals surface area contributed by atoms with Gasteiger partial charge >= 0.3 is 67.9 Å². The third kappa shape index (κ3) is 1.88. The first kappa shape index (κ1) is 8.39. The molecule has 0 aromatic heterocycles. The van der Waals surface area contributed by atoms with Crippen LogP contribution in [0.5, 0.6) is 0 Å². The summed E-state index contributed by atoms with van der Waals surface area (Å²) >= 11 is -0.622. The van der Waals surface area contributed by atoms with Gasteiger partial charge in [-0.25, -0.2) is 0 Å². The molecule has 3 nitrogen and oxygen atoms in total. The van der Waals surface area contributed by atoms with Gasteiger partial charge in [-0.3, -0.25) is 0 Å². The Hall–Kier alpha value is 0.290. The number of nitrogens with two attached hydrogens (primary N) is 1. The van der Waals surface area contributed by atoms with Gasteiger partial charge < -0.3 is 0 Å². The van der Waals surface area contributed by atoms with E-state index in [0.717, 1.165) is 12.8 Å². The second-order valence-electron chi connectivity index (χ2n) is 2.80. The first-order valence-electron chi connectivity index (χ1n) is 3.31. The fraction of sp³-hybridized carbons (Fsp3) is 1.00. The third-order valence-electron chi connectivity index (χ3n) is 1.88. The van der Waals surface area contributed by atoms with Crippen molar-refractivity contribution in [3.05, 3.63) is 4.91 Å². The molecule has 0 bridgehead atoms. The van der Waals surface area contributed by atoms with E-state index in [1.54, 1.807) is 0 Å². The minimum atomic E-state index is -0.690. The standard InChI is InChI=1S/C6H13IN2O/c1-7-4-2-6(8,9-10)3-5-7/h2-5,8H2,1H3. The number of nitroso groups, excluding NO2 is 1. The van der Waals surface area contributed by atoms with Crippen LogP contribution >= 0.6 is 19.8 Å². The Morgan fingerprint density at radius 3 is 2.40 bits per heavy atom. The number of halogens is 1. The van der Waals surface area contributed by atoms with Crippen molar-refractivity contribution in [1.29, 1.82) is 0 Å². The van der Waals surface area contributed by atoms with Gasteiger partial charge in [-0.05, 0) is 0 Å². The van der Waals surface area contributed by atoms with Gasteiger partial charge in [-0.2, -0.15) is 0 Å². The van der Waals surface area contributed by atoms with Crippen LogP contribution in [0.2, 0.25) is 0 Å². The topological polar surface area (TPSA) is 55.4 Å². The molecule has 0 aliphatic carbocycles. The molecule has 0 saturated carbocycles. The maximum atomic E-state index is 10.2. The summed E-state index contributed by atoms with van der Waals surface area (Å²) in [5, 5.41) is 2.97. The molecule has 1 fully saturated rings. The van der Waals surface area contributed by atoms with Gasteiger partial charge in [0.2, 0.25) is 0 Å². The number of alkyl halides is 3. The molecule has 0 radical (unpaired) electrons. The van der Waals surface area contributed by atoms with Gasteiger partial charge in [0.15, 0.2) is 0 Å². The van der Waals surface area contributed by atoms with Crippen LogP contribution in [0.25, 0.3) is 0 Å². The fourth-order valence-electron chi connectivity index (χ4n) is 0.961. The molecule has 1 aliphatic rings. The van der Waals surface area contributed by atoms with Crippen LogP contribution in [0.3, 0.4) is 0 Å². The van der Waals surface area contributed by atoms with Crippen molar-refractivity contribution in [2.75, 3.05) is 13.8 Å². The zero-order valence-electron chi connectivity index (χ0n) is 6.14. The molecule has 60 valence electrons. The fourth-order valence-corrected chi connectivity index (χ4v) is 5.21. The Morgan fingerprint density at radius 1 is 1.50 bits per heavy atom. The monoisotopic (exact) mass is 256 g/mol. The predicted octanol–water partition coefficient (Wildman–Crippen LogP) is 1.34. The molecule has 1 aliphatic heterocycles. The Bertz CT molecular complexity index is 132. The molecule has 0 unspecified atom stereocenters. The molecule has 0 atom stereocenters. The van der Waals surface area contributed by atoms with Crippen molar-refractivity contribution in [1.82, 2.24) is 0 Å². The van der Waals surface area contributed by atoms with E-state index in [9.17, 15) is 4.91 Å². The first-order valence-corrected chi connectivity index (χ1v) is 8.52. The summed E-state index contributed by atoms with van der Waals surface area (Å²) in [5.41, 5.74) is 4.98. The van der Waals surface area contributed by atoms with Crippen LogP contribution in [0.1, 0.15) is 12.8 Å². The van der Waals surface area contributed by atoms with Crippen molar-refractivity contribution >= 4 is 19.8 Å². The normalized spacial score (nSPS) is 28.0. The third-order valence-corrected chi connectivity index (χ3v) is 6.64. The molecule has 0 aromatic rings. The zero-order chi connectivity index (χ0) is 7.61. The molecule has 1 rings (SSSR count). The van der Waals surface area contributed by atoms with Crippen LogP contribution in [0, 0.1) is 4.91 Å². The Labute approximate surface area is 68.1 Å². The Balaban J connectivity index is 2.46. The maximum absolute atomic E-state index is 10.2. The van der Waals surface area contributed by atoms with Crippen LogP contribution in [0.15, 0.2) is 5.18 Å². The molecule has 0 amide bonds. The number of nitrogens with zero attached hydrogens (tertiary/aromatic N) is 1. The van der Waals surface area contributed by atoms with Crippen LogP contribution < -0.4 is 5.73 Å². The molecular weight excluding hydrogens is 243 g/mol. The average Bonchev–Trinajstić information content (AvgIpc) is 1.96. The van der Waals surface area contributed by atoms with Crippen molar-refractivity contribution in [3.63, 3.8) is 0 Å². The summed E-state index contributed by atoms with van der Waals surface area (Å²) < 4.78 is 2.40. The van der Waals surface area contributed by atoms with Gasteiger partial charge in [-0.15, -0.1) is 0 Å². The summed E-state index contributed by atoms with van der Waals surface area (Å²) in [6.07, 6.45) is 1.66. The molecule has 0 aromatic carbocycles. The number of hydrogen-bond acceptors (Lipinski definition) is 3. The van der Waals surface area contributed by atoms with Gasteiger partial charge in [0.1, 0.15) is 0 Å². The van der Waals surface area contributed by atoms with E-state index < -0.39 is 25.5 Å². The second-order valence-corrected chi connectivity index (χ2v) is 9.08. The molecular formula is C6H13IN2O. The van der Waals surface area contributed by atoms with Gasteiger partial charge in [0.25, 0.3) is 0 Å². The zero-order valence-corrected chi connectivity index (χ0v) is 8.30. The number of hydrogen-bond donors (Lipinski definition) is 1. The summed E-state index contributed by atoms with van der Waals surface area (Å²) in [6, 6.07) is 0. The van der Waals surface area contributed by atoms with Gasteiger partial charge in [0.05, 0.1) is 0 Å². The Morgan fingerprint density at radius 2 is 2.00 bits per heavy atom. The van der Waals surface area contributed by atoms with E-state index in [1.165, 1.54) is 8.86 Å². The van der Waals surface area contributed by atoms with Crippen molar-refractivity contribution < 1.29 is 0 Å². The van der Waals surface area contributed by atoms with E-state index >= 15 is 0 Å². The summed E-state index contributed by atoms with van der Waals surface area (Å²) in [5.74, 6) is 0. The van der Waals surface area contributed by atoms with Crippen LogP contribution in [-0.4, -0.2) is 19.4 Å². The van der Waals surface area contributed by atoms with E-state index in [4.69, 9.17) is 5.73 Å². The number of rotatable bonds is 1. The average molecular weight is 256 g/mol. The van der Waals surface area contributed by atoms with Gasteiger partial charge in [0, 0.05) is 0 Å². The van der Waals surface area contributed by atoms with Gasteiger partial charge in [-0.1, -0.05) is 0 Å². The van der Waals surface area contributed by atoms with E-state index in [1.807, 2.05) is 0 Å². The van der Waals surface area contributed by atoms with E-state index in [0.29, 0.717) is 0 Å². The first-order chi connectivity index (χ1) is 4.66. The van der Waals surface area contributed by atoms with Crippen LogP contribution in [-0.2, 0) is 0 Å². The predicted molar refractivity (Wildman–Crippen MR) is 51.6 cm³/mol. The van der Waals surface area contributed by atoms with Crippen LogP contribution in [0.4, 0.5) is 0 Å². The molecule has 0 spiro atoms. The molecule has 10 heavy (non-hydrogen) atoms. The summed E-state index contributed by atoms with van der Waals surface area (Å²) in [4.78, 5) is 12.6. The SMILES string of the molecule is CI1CCC(N)(N=O)CC1. The van der Waals surface area contributed by atoms with Crippen molar-refractivity contribution in [2.45, 2.75) is 18.5 Å². The quantitative estimate of drug-likeness (QED) is 0.437. The molecule has 2 N–H and O–H groups in total. The molecule has 1 heterocycles.